The Bertz CT molecular complexity index is 851. The molecule has 0 bridgehead atoms. The first-order valence-electron chi connectivity index (χ1n) is 8.27. The van der Waals surface area contributed by atoms with Crippen LogP contribution < -0.4 is 15.8 Å². The van der Waals surface area contributed by atoms with E-state index in [9.17, 15) is 4.39 Å². The number of halogens is 1. The number of ether oxygens (including phenoxy) is 1. The molecule has 0 aliphatic heterocycles. The molecule has 0 fully saturated rings. The molecule has 6 heteroatoms. The van der Waals surface area contributed by atoms with Gasteiger partial charge in [0, 0.05) is 18.7 Å². The van der Waals surface area contributed by atoms with Gasteiger partial charge >= 0.3 is 0 Å². The average Bonchev–Trinajstić information content (AvgIpc) is 3.20. The number of hydrogen-bond acceptors (Lipinski definition) is 4. The smallest absolute Gasteiger partial charge is 0.141 e. The fraction of sp³-hybridized carbons (Fsp3) is 0.150. The highest BCUT2D eigenvalue weighted by molar-refractivity contribution is 7.12. The molecule has 0 aliphatic carbocycles. The fourth-order valence-electron chi connectivity index (χ4n) is 2.40. The highest BCUT2D eigenvalue weighted by Crippen LogP contribution is 2.29. The van der Waals surface area contributed by atoms with Crippen LogP contribution in [0.3, 0.4) is 0 Å². The van der Waals surface area contributed by atoms with Crippen molar-refractivity contribution in [2.75, 3.05) is 13.2 Å². The van der Waals surface area contributed by atoms with E-state index >= 15 is 0 Å². The standard InChI is InChI=1S/C20H20FN3OS/c21-10-11-23-14-15-13-16(24-20(22)19-7-4-12-26-19)8-9-18(15)25-17-5-2-1-3-6-17/h1-9,12-13,23H,10-11,14H2,(H2,22,24). The van der Waals surface area contributed by atoms with Crippen LogP contribution >= 0.6 is 11.3 Å². The van der Waals surface area contributed by atoms with Crippen molar-refractivity contribution >= 4 is 22.9 Å². The van der Waals surface area contributed by atoms with E-state index in [1.807, 2.05) is 66.0 Å². The largest absolute Gasteiger partial charge is 0.457 e. The summed E-state index contributed by atoms with van der Waals surface area (Å²) >= 11 is 1.54. The average molecular weight is 369 g/mol. The zero-order valence-electron chi connectivity index (χ0n) is 14.2. The number of nitrogens with one attached hydrogen (secondary N) is 1. The second-order valence-corrected chi connectivity index (χ2v) is 6.49. The molecule has 0 spiro atoms. The highest BCUT2D eigenvalue weighted by Gasteiger charge is 2.08. The normalized spacial score (nSPS) is 11.5. The molecule has 0 atom stereocenters. The Morgan fingerprint density at radius 1 is 1.12 bits per heavy atom. The van der Waals surface area contributed by atoms with Crippen molar-refractivity contribution in [3.63, 3.8) is 0 Å². The molecule has 134 valence electrons. The molecule has 3 N–H and O–H groups in total. The molecule has 2 aromatic carbocycles. The third-order valence-electron chi connectivity index (χ3n) is 3.62. The van der Waals surface area contributed by atoms with Gasteiger partial charge < -0.3 is 15.8 Å². The lowest BCUT2D eigenvalue weighted by Crippen LogP contribution is -2.16. The third-order valence-corrected chi connectivity index (χ3v) is 4.52. The molecule has 0 amide bonds. The number of hydrogen-bond donors (Lipinski definition) is 2. The van der Waals surface area contributed by atoms with Crippen LogP contribution in [0.15, 0.2) is 71.0 Å². The molecule has 4 nitrogen and oxygen atoms in total. The van der Waals surface area contributed by atoms with E-state index in [1.54, 1.807) is 11.3 Å². The Kier molecular flexibility index (Phi) is 6.35. The number of amidine groups is 1. The summed E-state index contributed by atoms with van der Waals surface area (Å²) in [5, 5.41) is 5.01. The van der Waals surface area contributed by atoms with Gasteiger partial charge in [-0.2, -0.15) is 0 Å². The number of thiophene rings is 1. The predicted octanol–water partition coefficient (Wildman–Crippen LogP) is 4.64. The van der Waals surface area contributed by atoms with Crippen LogP contribution in [0.4, 0.5) is 10.1 Å². The lowest BCUT2D eigenvalue weighted by Gasteiger charge is -2.12. The maximum Gasteiger partial charge on any atom is 0.141 e. The molecule has 0 radical (unpaired) electrons. The molecular weight excluding hydrogens is 349 g/mol. The van der Waals surface area contributed by atoms with Crippen LogP contribution in [0.2, 0.25) is 0 Å². The van der Waals surface area contributed by atoms with Crippen molar-refractivity contribution < 1.29 is 9.13 Å². The zero-order valence-corrected chi connectivity index (χ0v) is 15.0. The van der Waals surface area contributed by atoms with Crippen molar-refractivity contribution in [1.29, 1.82) is 0 Å². The van der Waals surface area contributed by atoms with Crippen LogP contribution in [0, 0.1) is 0 Å². The lowest BCUT2D eigenvalue weighted by atomic mass is 10.1. The van der Waals surface area contributed by atoms with Crippen molar-refractivity contribution in [3.05, 3.63) is 76.5 Å². The van der Waals surface area contributed by atoms with E-state index in [1.165, 1.54) is 0 Å². The summed E-state index contributed by atoms with van der Waals surface area (Å²) in [6.45, 7) is 0.349. The Hall–Kier alpha value is -2.70. The third kappa shape index (κ3) is 4.91. The lowest BCUT2D eigenvalue weighted by molar-refractivity contribution is 0.454. The SMILES string of the molecule is NC(=Nc1ccc(Oc2ccccc2)c(CNCCF)c1)c1cccs1. The monoisotopic (exact) mass is 369 g/mol. The van der Waals surface area contributed by atoms with Gasteiger partial charge in [-0.1, -0.05) is 24.3 Å². The minimum absolute atomic E-state index is 0.287. The first kappa shape index (κ1) is 18.1. The van der Waals surface area contributed by atoms with Crippen LogP contribution in [-0.2, 0) is 6.54 Å². The number of rotatable bonds is 8. The molecular formula is C20H20FN3OS. The number of nitrogens with two attached hydrogens (primary N) is 1. The minimum atomic E-state index is -0.419. The molecule has 3 rings (SSSR count). The minimum Gasteiger partial charge on any atom is -0.457 e. The van der Waals surface area contributed by atoms with Crippen LogP contribution in [0.5, 0.6) is 11.5 Å². The first-order valence-corrected chi connectivity index (χ1v) is 9.15. The van der Waals surface area contributed by atoms with Gasteiger partial charge in [-0.3, -0.25) is 0 Å². The Labute approximate surface area is 156 Å². The van der Waals surface area contributed by atoms with Crippen molar-refractivity contribution in [3.8, 4) is 11.5 Å². The van der Waals surface area contributed by atoms with Crippen LogP contribution in [0.1, 0.15) is 10.4 Å². The van der Waals surface area contributed by atoms with Gasteiger partial charge in [-0.15, -0.1) is 11.3 Å². The van der Waals surface area contributed by atoms with E-state index in [4.69, 9.17) is 10.5 Å². The summed E-state index contributed by atoms with van der Waals surface area (Å²) in [5.41, 5.74) is 7.69. The van der Waals surface area contributed by atoms with Gasteiger partial charge in [-0.05, 0) is 41.8 Å². The van der Waals surface area contributed by atoms with Gasteiger partial charge in [0.1, 0.15) is 24.0 Å². The van der Waals surface area contributed by atoms with Gasteiger partial charge in [0.25, 0.3) is 0 Å². The summed E-state index contributed by atoms with van der Waals surface area (Å²) < 4.78 is 18.4. The Balaban J connectivity index is 1.86. The van der Waals surface area contributed by atoms with Gasteiger partial charge in [0.15, 0.2) is 0 Å². The van der Waals surface area contributed by atoms with E-state index in [0.29, 0.717) is 18.1 Å². The highest BCUT2D eigenvalue weighted by atomic mass is 32.1. The van der Waals surface area contributed by atoms with E-state index in [-0.39, 0.29) is 6.54 Å². The van der Waals surface area contributed by atoms with Crippen molar-refractivity contribution in [2.24, 2.45) is 10.7 Å². The van der Waals surface area contributed by atoms with E-state index in [0.717, 1.165) is 21.9 Å². The van der Waals surface area contributed by atoms with Crippen LogP contribution in [0.25, 0.3) is 0 Å². The topological polar surface area (TPSA) is 59.6 Å². The quantitative estimate of drug-likeness (QED) is 0.346. The molecule has 1 aromatic heterocycles. The zero-order chi connectivity index (χ0) is 18.2. The number of nitrogens with zero attached hydrogens (tertiary/aromatic N) is 1. The molecule has 3 aromatic rings. The summed E-state index contributed by atoms with van der Waals surface area (Å²) in [7, 11) is 0. The first-order chi connectivity index (χ1) is 12.8. The summed E-state index contributed by atoms with van der Waals surface area (Å²) in [6.07, 6.45) is 0. The number of para-hydroxylation sites is 1. The Morgan fingerprint density at radius 2 is 1.96 bits per heavy atom. The van der Waals surface area contributed by atoms with Gasteiger partial charge in [0.05, 0.1) is 10.6 Å². The van der Waals surface area contributed by atoms with Crippen molar-refractivity contribution in [2.45, 2.75) is 6.54 Å². The van der Waals surface area contributed by atoms with E-state index < -0.39 is 6.67 Å². The maximum atomic E-state index is 12.4. The number of aliphatic imine (C=N–C) groups is 1. The maximum absolute atomic E-state index is 12.4. The van der Waals surface area contributed by atoms with E-state index in [2.05, 4.69) is 10.3 Å². The molecule has 0 aliphatic rings. The molecule has 26 heavy (non-hydrogen) atoms. The molecule has 0 unspecified atom stereocenters. The molecule has 0 saturated heterocycles. The summed E-state index contributed by atoms with van der Waals surface area (Å²) in [4.78, 5) is 5.41. The molecule has 0 saturated carbocycles. The second kappa shape index (κ2) is 9.12. The van der Waals surface area contributed by atoms with Gasteiger partial charge in [-0.25, -0.2) is 9.38 Å². The summed E-state index contributed by atoms with van der Waals surface area (Å²) in [5.74, 6) is 1.92. The second-order valence-electron chi connectivity index (χ2n) is 5.55. The van der Waals surface area contributed by atoms with Crippen LogP contribution in [-0.4, -0.2) is 19.1 Å². The summed E-state index contributed by atoms with van der Waals surface area (Å²) in [6, 6.07) is 19.0. The molecule has 1 heterocycles. The number of alkyl halides is 1. The number of benzene rings is 2. The fourth-order valence-corrected chi connectivity index (χ4v) is 3.02. The van der Waals surface area contributed by atoms with Gasteiger partial charge in [0.2, 0.25) is 0 Å². The van der Waals surface area contributed by atoms with Crippen molar-refractivity contribution in [1.82, 2.24) is 5.32 Å². The predicted molar refractivity (Wildman–Crippen MR) is 105 cm³/mol. The Morgan fingerprint density at radius 3 is 2.69 bits per heavy atom.